The highest BCUT2D eigenvalue weighted by Gasteiger charge is 2.28. The van der Waals surface area contributed by atoms with Gasteiger partial charge in [0.25, 0.3) is 0 Å². The minimum Gasteiger partial charge on any atom is -0.459 e. The Hall–Kier alpha value is -2.66. The first kappa shape index (κ1) is 17.7. The lowest BCUT2D eigenvalue weighted by atomic mass is 10.0. The molecule has 2 aromatic carbocycles. The van der Waals surface area contributed by atoms with Gasteiger partial charge in [-0.05, 0) is 25.0 Å². The van der Waals surface area contributed by atoms with Gasteiger partial charge in [-0.1, -0.05) is 54.6 Å². The minimum absolute atomic E-state index is 0.0410. The van der Waals surface area contributed by atoms with Crippen LogP contribution in [0.4, 0.5) is 0 Å². The highest BCUT2D eigenvalue weighted by Crippen LogP contribution is 2.11. The summed E-state index contributed by atoms with van der Waals surface area (Å²) in [6, 6.07) is 16.9. The minimum atomic E-state index is -0.798. The summed E-state index contributed by atoms with van der Waals surface area (Å²) in [5, 5.41) is 10.6. The molecular weight excluding hydrogens is 302 g/mol. The van der Waals surface area contributed by atoms with Gasteiger partial charge in [0.2, 0.25) is 0 Å². The molecule has 5 heteroatoms. The highest BCUT2D eigenvalue weighted by molar-refractivity contribution is 5.94. The van der Waals surface area contributed by atoms with Crippen LogP contribution in [-0.4, -0.2) is 17.3 Å². The van der Waals surface area contributed by atoms with E-state index in [0.29, 0.717) is 12.1 Å². The molecule has 0 aromatic heterocycles. The van der Waals surface area contributed by atoms with E-state index in [1.165, 1.54) is 0 Å². The van der Waals surface area contributed by atoms with Crippen LogP contribution in [0.2, 0.25) is 0 Å². The summed E-state index contributed by atoms with van der Waals surface area (Å²) in [6.45, 7) is 4.37. The Morgan fingerprint density at radius 1 is 1.08 bits per heavy atom. The molecule has 0 saturated carbocycles. The Bertz CT molecular complexity index is 694. The van der Waals surface area contributed by atoms with Gasteiger partial charge in [-0.2, -0.15) is 0 Å². The number of nitrogen functional groups attached to an aromatic ring is 1. The summed E-state index contributed by atoms with van der Waals surface area (Å²) < 4.78 is 5.39. The molecule has 0 unspecified atom stereocenters. The number of benzene rings is 2. The summed E-state index contributed by atoms with van der Waals surface area (Å²) in [5.41, 5.74) is 7.28. The van der Waals surface area contributed by atoms with E-state index in [4.69, 9.17) is 15.9 Å². The Balaban J connectivity index is 1.87. The molecule has 5 nitrogen and oxygen atoms in total. The van der Waals surface area contributed by atoms with Crippen LogP contribution in [0.1, 0.15) is 30.5 Å². The molecular formula is C19H23N3O2. The Morgan fingerprint density at radius 2 is 1.71 bits per heavy atom. The molecule has 0 amide bonds. The number of esters is 1. The van der Waals surface area contributed by atoms with Crippen LogP contribution >= 0.6 is 0 Å². The standard InChI is InChI=1S/C19H23N3O2/c1-19(2,18(23)24-13-15-6-4-3-5-7-15)22-12-14-8-10-16(11-9-14)17(20)21/h3-11,22H,12-13H2,1-2H3,(H3,20,21). The Kier molecular flexibility index (Phi) is 5.71. The lowest BCUT2D eigenvalue weighted by molar-refractivity contribution is -0.151. The van der Waals surface area contributed by atoms with Gasteiger partial charge >= 0.3 is 5.97 Å². The lowest BCUT2D eigenvalue weighted by Crippen LogP contribution is -2.47. The molecule has 0 aliphatic rings. The number of carbonyl (C=O) groups is 1. The van der Waals surface area contributed by atoms with Gasteiger partial charge in [-0.25, -0.2) is 0 Å². The van der Waals surface area contributed by atoms with E-state index in [9.17, 15) is 4.79 Å². The number of nitrogens with one attached hydrogen (secondary N) is 2. The van der Waals surface area contributed by atoms with E-state index in [-0.39, 0.29) is 18.4 Å². The number of hydrogen-bond acceptors (Lipinski definition) is 4. The van der Waals surface area contributed by atoms with Crippen molar-refractivity contribution in [1.82, 2.24) is 5.32 Å². The van der Waals surface area contributed by atoms with Crippen LogP contribution in [-0.2, 0) is 22.7 Å². The van der Waals surface area contributed by atoms with Crippen molar-refractivity contribution in [2.75, 3.05) is 0 Å². The molecule has 0 saturated heterocycles. The summed E-state index contributed by atoms with van der Waals surface area (Å²) >= 11 is 0. The maximum Gasteiger partial charge on any atom is 0.326 e. The number of rotatable bonds is 7. The molecule has 0 radical (unpaired) electrons. The van der Waals surface area contributed by atoms with Gasteiger partial charge in [0.15, 0.2) is 0 Å². The monoisotopic (exact) mass is 325 g/mol. The first-order chi connectivity index (χ1) is 11.4. The summed E-state index contributed by atoms with van der Waals surface area (Å²) in [4.78, 5) is 12.3. The van der Waals surface area contributed by atoms with E-state index in [0.717, 1.165) is 11.1 Å². The fourth-order valence-electron chi connectivity index (χ4n) is 2.10. The van der Waals surface area contributed by atoms with Crippen LogP contribution in [0.15, 0.2) is 54.6 Å². The van der Waals surface area contributed by atoms with Gasteiger partial charge in [0, 0.05) is 12.1 Å². The quantitative estimate of drug-likeness (QED) is 0.415. The second kappa shape index (κ2) is 7.75. The largest absolute Gasteiger partial charge is 0.459 e. The van der Waals surface area contributed by atoms with E-state index < -0.39 is 5.54 Å². The molecule has 24 heavy (non-hydrogen) atoms. The smallest absolute Gasteiger partial charge is 0.326 e. The van der Waals surface area contributed by atoms with Gasteiger partial charge in [0.05, 0.1) is 0 Å². The van der Waals surface area contributed by atoms with Gasteiger partial charge in [0.1, 0.15) is 18.0 Å². The predicted molar refractivity (Wildman–Crippen MR) is 94.6 cm³/mol. The van der Waals surface area contributed by atoms with E-state index in [1.807, 2.05) is 42.5 Å². The summed E-state index contributed by atoms with van der Waals surface area (Å²) in [7, 11) is 0. The average Bonchev–Trinajstić information content (AvgIpc) is 2.59. The normalized spacial score (nSPS) is 11.1. The number of ether oxygens (including phenoxy) is 1. The summed E-state index contributed by atoms with van der Waals surface area (Å²) in [6.07, 6.45) is 0. The van der Waals surface area contributed by atoms with Crippen molar-refractivity contribution in [1.29, 1.82) is 5.41 Å². The Labute approximate surface area is 142 Å². The molecule has 126 valence electrons. The fraction of sp³-hybridized carbons (Fsp3) is 0.263. The third-order valence-corrected chi connectivity index (χ3v) is 3.72. The zero-order valence-electron chi connectivity index (χ0n) is 14.0. The average molecular weight is 325 g/mol. The second-order valence-corrected chi connectivity index (χ2v) is 6.15. The van der Waals surface area contributed by atoms with Crippen molar-refractivity contribution < 1.29 is 9.53 Å². The van der Waals surface area contributed by atoms with Gasteiger partial charge < -0.3 is 10.5 Å². The van der Waals surface area contributed by atoms with Crippen molar-refractivity contribution in [3.8, 4) is 0 Å². The molecule has 0 bridgehead atoms. The van der Waals surface area contributed by atoms with Crippen LogP contribution in [0.25, 0.3) is 0 Å². The number of carbonyl (C=O) groups excluding carboxylic acids is 1. The zero-order chi connectivity index (χ0) is 17.6. The van der Waals surface area contributed by atoms with Crippen LogP contribution < -0.4 is 11.1 Å². The molecule has 0 aliphatic heterocycles. The lowest BCUT2D eigenvalue weighted by Gasteiger charge is -2.24. The molecule has 0 spiro atoms. The van der Waals surface area contributed by atoms with Gasteiger partial charge in [-0.3, -0.25) is 15.5 Å². The third kappa shape index (κ3) is 4.93. The zero-order valence-corrected chi connectivity index (χ0v) is 14.0. The third-order valence-electron chi connectivity index (χ3n) is 3.72. The maximum atomic E-state index is 12.3. The molecule has 0 aliphatic carbocycles. The highest BCUT2D eigenvalue weighted by atomic mass is 16.5. The first-order valence-electron chi connectivity index (χ1n) is 7.78. The van der Waals surface area contributed by atoms with Crippen molar-refractivity contribution in [3.05, 3.63) is 71.3 Å². The van der Waals surface area contributed by atoms with Crippen LogP contribution in [0.3, 0.4) is 0 Å². The second-order valence-electron chi connectivity index (χ2n) is 6.15. The molecule has 0 heterocycles. The van der Waals surface area contributed by atoms with Crippen molar-refractivity contribution >= 4 is 11.8 Å². The topological polar surface area (TPSA) is 88.2 Å². The van der Waals surface area contributed by atoms with Crippen molar-refractivity contribution in [2.24, 2.45) is 5.73 Å². The first-order valence-corrected chi connectivity index (χ1v) is 7.78. The Morgan fingerprint density at radius 3 is 2.29 bits per heavy atom. The maximum absolute atomic E-state index is 12.3. The molecule has 2 rings (SSSR count). The molecule has 0 atom stereocenters. The van der Waals surface area contributed by atoms with Crippen LogP contribution in [0, 0.1) is 5.41 Å². The molecule has 4 N–H and O–H groups in total. The molecule has 2 aromatic rings. The van der Waals surface area contributed by atoms with Crippen molar-refractivity contribution in [3.63, 3.8) is 0 Å². The van der Waals surface area contributed by atoms with E-state index >= 15 is 0 Å². The summed E-state index contributed by atoms with van der Waals surface area (Å²) in [5.74, 6) is -0.258. The SMILES string of the molecule is CC(C)(NCc1ccc(C(=N)N)cc1)C(=O)OCc1ccccc1. The van der Waals surface area contributed by atoms with Crippen molar-refractivity contribution in [2.45, 2.75) is 32.5 Å². The number of amidine groups is 1. The van der Waals surface area contributed by atoms with Crippen LogP contribution in [0.5, 0.6) is 0 Å². The predicted octanol–water partition coefficient (Wildman–Crippen LogP) is 2.58. The van der Waals surface area contributed by atoms with Gasteiger partial charge in [-0.15, -0.1) is 0 Å². The number of hydrogen-bond donors (Lipinski definition) is 3. The van der Waals surface area contributed by atoms with E-state index in [1.54, 1.807) is 26.0 Å². The number of nitrogens with two attached hydrogens (primary N) is 1. The molecule has 0 fully saturated rings. The fourth-order valence-corrected chi connectivity index (χ4v) is 2.10. The van der Waals surface area contributed by atoms with E-state index in [2.05, 4.69) is 5.32 Å².